The molecule has 1 aromatic rings. The zero-order valence-electron chi connectivity index (χ0n) is 14.7. The Morgan fingerprint density at radius 1 is 1.19 bits per heavy atom. The van der Waals surface area contributed by atoms with Crippen LogP contribution < -0.4 is 0 Å². The van der Waals surface area contributed by atoms with E-state index in [1.165, 1.54) is 28.9 Å². The summed E-state index contributed by atoms with van der Waals surface area (Å²) in [5, 5.41) is 0.194. The van der Waals surface area contributed by atoms with Crippen LogP contribution in [0, 0.1) is 5.92 Å². The van der Waals surface area contributed by atoms with Crippen LogP contribution in [0.2, 0.25) is 5.02 Å². The number of hydrogen-bond donors (Lipinski definition) is 0. The zero-order chi connectivity index (χ0) is 18.6. The molecular weight excluding hydrogens is 378 g/mol. The molecule has 8 heteroatoms. The van der Waals surface area contributed by atoms with Crippen molar-refractivity contribution in [3.8, 4) is 0 Å². The summed E-state index contributed by atoms with van der Waals surface area (Å²) in [6, 6.07) is 4.17. The number of halogens is 1. The van der Waals surface area contributed by atoms with Gasteiger partial charge in [-0.25, -0.2) is 13.2 Å². The third-order valence-corrected chi connectivity index (χ3v) is 7.16. The molecule has 0 atom stereocenters. The van der Waals surface area contributed by atoms with Crippen molar-refractivity contribution in [2.75, 3.05) is 32.9 Å². The maximum absolute atomic E-state index is 12.8. The van der Waals surface area contributed by atoms with E-state index in [1.54, 1.807) is 0 Å². The lowest BCUT2D eigenvalue weighted by molar-refractivity contribution is 0.0410. The van der Waals surface area contributed by atoms with Crippen LogP contribution in [0.25, 0.3) is 0 Å². The summed E-state index contributed by atoms with van der Waals surface area (Å²) in [7, 11) is -3.68. The van der Waals surface area contributed by atoms with Gasteiger partial charge in [-0.1, -0.05) is 30.9 Å². The topological polar surface area (TPSA) is 72.9 Å². The van der Waals surface area contributed by atoms with Crippen LogP contribution in [0.4, 0.5) is 0 Å². The van der Waals surface area contributed by atoms with Crippen molar-refractivity contribution in [1.29, 1.82) is 0 Å². The fraction of sp³-hybridized carbons (Fsp3) is 0.611. The normalized spacial score (nSPS) is 20.0. The minimum absolute atomic E-state index is 0.0495. The second-order valence-electron chi connectivity index (χ2n) is 6.76. The van der Waals surface area contributed by atoms with Gasteiger partial charge in [0, 0.05) is 13.1 Å². The van der Waals surface area contributed by atoms with E-state index in [0.29, 0.717) is 38.8 Å². The van der Waals surface area contributed by atoms with E-state index in [1.807, 2.05) is 0 Å². The van der Waals surface area contributed by atoms with E-state index >= 15 is 0 Å². The van der Waals surface area contributed by atoms with Gasteiger partial charge in [0.2, 0.25) is 10.0 Å². The number of morpholine rings is 1. The molecule has 6 nitrogen and oxygen atoms in total. The molecule has 0 N–H and O–H groups in total. The van der Waals surface area contributed by atoms with E-state index in [2.05, 4.69) is 0 Å². The number of benzene rings is 1. The van der Waals surface area contributed by atoms with Gasteiger partial charge in [-0.05, 0) is 37.0 Å². The molecule has 0 bridgehead atoms. The number of nitrogens with zero attached hydrogens (tertiary/aromatic N) is 1. The highest BCUT2D eigenvalue weighted by Gasteiger charge is 2.28. The average Bonchev–Trinajstić information content (AvgIpc) is 2.68. The fourth-order valence-electron chi connectivity index (χ4n) is 3.38. The Morgan fingerprint density at radius 3 is 2.58 bits per heavy atom. The van der Waals surface area contributed by atoms with Crippen LogP contribution in [-0.2, 0) is 19.5 Å². The first-order valence-corrected chi connectivity index (χ1v) is 10.8. The molecule has 0 aromatic heterocycles. The molecule has 1 aromatic carbocycles. The summed E-state index contributed by atoms with van der Waals surface area (Å²) in [4.78, 5) is 12.5. The molecule has 1 aliphatic heterocycles. The summed E-state index contributed by atoms with van der Waals surface area (Å²) in [6.45, 7) is 1.68. The molecule has 2 aliphatic rings. The number of hydrogen-bond acceptors (Lipinski definition) is 5. The fourth-order valence-corrected chi connectivity index (χ4v) is 5.01. The average molecular weight is 402 g/mol. The summed E-state index contributed by atoms with van der Waals surface area (Å²) < 4.78 is 37.5. The first-order chi connectivity index (χ1) is 12.5. The Hall–Kier alpha value is -1.15. The molecule has 0 unspecified atom stereocenters. The molecule has 1 heterocycles. The van der Waals surface area contributed by atoms with Gasteiger partial charge in [-0.3, -0.25) is 0 Å². The van der Waals surface area contributed by atoms with E-state index in [4.69, 9.17) is 21.1 Å². The van der Waals surface area contributed by atoms with Crippen LogP contribution in [0.3, 0.4) is 0 Å². The Labute approximate surface area is 159 Å². The number of ether oxygens (including phenoxy) is 2. The van der Waals surface area contributed by atoms with Gasteiger partial charge >= 0.3 is 5.97 Å². The first kappa shape index (κ1) is 19.6. The van der Waals surface area contributed by atoms with E-state index in [0.717, 1.165) is 25.7 Å². The van der Waals surface area contributed by atoms with Crippen molar-refractivity contribution >= 4 is 27.6 Å². The van der Waals surface area contributed by atoms with E-state index in [9.17, 15) is 13.2 Å². The largest absolute Gasteiger partial charge is 0.462 e. The SMILES string of the molecule is O=C(OCC1CCCCC1)c1cc(S(=O)(=O)N2CCOCC2)ccc1Cl. The Kier molecular flexibility index (Phi) is 6.55. The summed E-state index contributed by atoms with van der Waals surface area (Å²) in [5.41, 5.74) is 0.0943. The second kappa shape index (κ2) is 8.69. The molecule has 0 spiro atoms. The van der Waals surface area contributed by atoms with Gasteiger partial charge in [0.05, 0.1) is 35.3 Å². The third-order valence-electron chi connectivity index (χ3n) is 4.94. The number of carbonyl (C=O) groups is 1. The van der Waals surface area contributed by atoms with Crippen LogP contribution in [-0.4, -0.2) is 51.6 Å². The lowest BCUT2D eigenvalue weighted by atomic mass is 9.90. The van der Waals surface area contributed by atoms with Crippen molar-refractivity contribution in [1.82, 2.24) is 4.31 Å². The standard InChI is InChI=1S/C18H24ClNO5S/c19-17-7-6-15(26(22,23)20-8-10-24-11-9-20)12-16(17)18(21)25-13-14-4-2-1-3-5-14/h6-7,12,14H,1-5,8-11,13H2. The minimum Gasteiger partial charge on any atom is -0.462 e. The monoisotopic (exact) mass is 401 g/mol. The summed E-state index contributed by atoms with van der Waals surface area (Å²) >= 11 is 6.12. The molecule has 0 amide bonds. The molecule has 1 aliphatic carbocycles. The van der Waals surface area contributed by atoms with Gasteiger partial charge in [0.1, 0.15) is 0 Å². The van der Waals surface area contributed by atoms with Crippen LogP contribution in [0.1, 0.15) is 42.5 Å². The predicted molar refractivity (Wildman–Crippen MR) is 97.9 cm³/mol. The molecule has 144 valence electrons. The zero-order valence-corrected chi connectivity index (χ0v) is 16.2. The van der Waals surface area contributed by atoms with Gasteiger partial charge in [0.25, 0.3) is 0 Å². The van der Waals surface area contributed by atoms with E-state index in [-0.39, 0.29) is 15.5 Å². The highest BCUT2D eigenvalue weighted by atomic mass is 35.5. The number of carbonyl (C=O) groups excluding carboxylic acids is 1. The van der Waals surface area contributed by atoms with Gasteiger partial charge in [-0.15, -0.1) is 0 Å². The first-order valence-electron chi connectivity index (χ1n) is 9.03. The third kappa shape index (κ3) is 4.57. The lowest BCUT2D eigenvalue weighted by Crippen LogP contribution is -2.40. The van der Waals surface area contributed by atoms with Gasteiger partial charge in [-0.2, -0.15) is 4.31 Å². The lowest BCUT2D eigenvalue weighted by Gasteiger charge is -2.26. The highest BCUT2D eigenvalue weighted by molar-refractivity contribution is 7.89. The van der Waals surface area contributed by atoms with Crippen molar-refractivity contribution in [3.63, 3.8) is 0 Å². The molecule has 0 radical (unpaired) electrons. The minimum atomic E-state index is -3.68. The van der Waals surface area contributed by atoms with Crippen molar-refractivity contribution in [2.24, 2.45) is 5.92 Å². The molecule has 2 fully saturated rings. The number of esters is 1. The predicted octanol–water partition coefficient (Wildman–Crippen LogP) is 3.10. The van der Waals surface area contributed by atoms with Gasteiger partial charge < -0.3 is 9.47 Å². The number of rotatable bonds is 5. The maximum atomic E-state index is 12.8. The van der Waals surface area contributed by atoms with Crippen molar-refractivity contribution in [3.05, 3.63) is 28.8 Å². The molecular formula is C18H24ClNO5S. The molecule has 1 saturated heterocycles. The van der Waals surface area contributed by atoms with Crippen LogP contribution >= 0.6 is 11.6 Å². The Bertz CT molecular complexity index is 740. The van der Waals surface area contributed by atoms with Crippen LogP contribution in [0.5, 0.6) is 0 Å². The number of sulfonamides is 1. The van der Waals surface area contributed by atoms with E-state index < -0.39 is 16.0 Å². The second-order valence-corrected chi connectivity index (χ2v) is 9.11. The summed E-state index contributed by atoms with van der Waals surface area (Å²) in [6.07, 6.45) is 5.68. The molecule has 1 saturated carbocycles. The van der Waals surface area contributed by atoms with Crippen molar-refractivity contribution in [2.45, 2.75) is 37.0 Å². The van der Waals surface area contributed by atoms with Crippen molar-refractivity contribution < 1.29 is 22.7 Å². The quantitative estimate of drug-likeness (QED) is 0.709. The summed E-state index contributed by atoms with van der Waals surface area (Å²) in [5.74, 6) is -0.189. The molecule has 3 rings (SSSR count). The smallest absolute Gasteiger partial charge is 0.339 e. The Balaban J connectivity index is 1.73. The molecule has 26 heavy (non-hydrogen) atoms. The maximum Gasteiger partial charge on any atom is 0.339 e. The van der Waals surface area contributed by atoms with Crippen LogP contribution in [0.15, 0.2) is 23.1 Å². The van der Waals surface area contributed by atoms with Gasteiger partial charge in [0.15, 0.2) is 0 Å². The highest BCUT2D eigenvalue weighted by Crippen LogP contribution is 2.26. The Morgan fingerprint density at radius 2 is 1.88 bits per heavy atom.